The van der Waals surface area contributed by atoms with E-state index in [1.807, 2.05) is 0 Å². The van der Waals surface area contributed by atoms with Crippen molar-refractivity contribution in [3.05, 3.63) is 35.9 Å². The lowest BCUT2D eigenvalue weighted by molar-refractivity contribution is 0.159. The van der Waals surface area contributed by atoms with Crippen molar-refractivity contribution in [1.82, 2.24) is 4.90 Å². The second-order valence-electron chi connectivity index (χ2n) is 5.78. The van der Waals surface area contributed by atoms with Crippen molar-refractivity contribution in [3.63, 3.8) is 0 Å². The van der Waals surface area contributed by atoms with E-state index in [0.29, 0.717) is 6.04 Å². The van der Waals surface area contributed by atoms with Crippen LogP contribution in [0, 0.1) is 5.92 Å². The van der Waals surface area contributed by atoms with Crippen molar-refractivity contribution >= 4 is 0 Å². The average molecular weight is 246 g/mol. The van der Waals surface area contributed by atoms with Gasteiger partial charge in [0.25, 0.3) is 0 Å². The fraction of sp³-hybridized carbons (Fsp3) is 0.625. The van der Waals surface area contributed by atoms with E-state index in [1.165, 1.54) is 44.3 Å². The van der Waals surface area contributed by atoms with Gasteiger partial charge in [0.05, 0.1) is 0 Å². The minimum Gasteiger partial charge on any atom is -0.328 e. The van der Waals surface area contributed by atoms with Gasteiger partial charge in [-0.05, 0) is 50.6 Å². The van der Waals surface area contributed by atoms with Gasteiger partial charge in [0.15, 0.2) is 0 Å². The summed E-state index contributed by atoms with van der Waals surface area (Å²) in [4.78, 5) is 2.60. The SMILES string of the molecule is CC(N)CCC1CCCN(Cc2ccccc2)C1. The molecule has 2 rings (SSSR count). The number of likely N-dealkylation sites (tertiary alicyclic amines) is 1. The van der Waals surface area contributed by atoms with Crippen LogP contribution in [0.25, 0.3) is 0 Å². The molecule has 0 amide bonds. The highest BCUT2D eigenvalue weighted by Gasteiger charge is 2.19. The molecule has 1 fully saturated rings. The van der Waals surface area contributed by atoms with E-state index < -0.39 is 0 Å². The van der Waals surface area contributed by atoms with Gasteiger partial charge in [-0.2, -0.15) is 0 Å². The van der Waals surface area contributed by atoms with Crippen LogP contribution in [0.15, 0.2) is 30.3 Å². The molecule has 0 radical (unpaired) electrons. The molecule has 1 aliphatic rings. The molecule has 18 heavy (non-hydrogen) atoms. The van der Waals surface area contributed by atoms with Gasteiger partial charge in [-0.15, -0.1) is 0 Å². The number of rotatable bonds is 5. The van der Waals surface area contributed by atoms with Crippen molar-refractivity contribution in [3.8, 4) is 0 Å². The number of benzene rings is 1. The third kappa shape index (κ3) is 4.43. The van der Waals surface area contributed by atoms with Crippen molar-refractivity contribution < 1.29 is 0 Å². The number of nitrogens with zero attached hydrogens (tertiary/aromatic N) is 1. The highest BCUT2D eigenvalue weighted by atomic mass is 15.1. The van der Waals surface area contributed by atoms with Crippen LogP contribution >= 0.6 is 0 Å². The van der Waals surface area contributed by atoms with Crippen LogP contribution in [-0.2, 0) is 6.54 Å². The Morgan fingerprint density at radius 1 is 1.33 bits per heavy atom. The quantitative estimate of drug-likeness (QED) is 0.865. The zero-order valence-electron chi connectivity index (χ0n) is 11.5. The smallest absolute Gasteiger partial charge is 0.0233 e. The summed E-state index contributed by atoms with van der Waals surface area (Å²) < 4.78 is 0. The summed E-state index contributed by atoms with van der Waals surface area (Å²) in [7, 11) is 0. The van der Waals surface area contributed by atoms with E-state index in [1.54, 1.807) is 0 Å². The Morgan fingerprint density at radius 2 is 2.11 bits per heavy atom. The lowest BCUT2D eigenvalue weighted by Crippen LogP contribution is -2.35. The lowest BCUT2D eigenvalue weighted by Gasteiger charge is -2.33. The van der Waals surface area contributed by atoms with Crippen molar-refractivity contribution in [2.75, 3.05) is 13.1 Å². The standard InChI is InChI=1S/C16H26N2/c1-14(17)9-10-16-8-5-11-18(13-16)12-15-6-3-2-4-7-15/h2-4,6-7,14,16H,5,8-13,17H2,1H3. The molecule has 2 heteroatoms. The first-order valence-corrected chi connectivity index (χ1v) is 7.26. The van der Waals surface area contributed by atoms with Crippen LogP contribution in [0.3, 0.4) is 0 Å². The first-order chi connectivity index (χ1) is 8.74. The molecular weight excluding hydrogens is 220 g/mol. The predicted molar refractivity (Wildman–Crippen MR) is 77.3 cm³/mol. The van der Waals surface area contributed by atoms with Crippen LogP contribution in [-0.4, -0.2) is 24.0 Å². The molecular formula is C16H26N2. The molecule has 2 N–H and O–H groups in total. The van der Waals surface area contributed by atoms with Crippen LogP contribution in [0.4, 0.5) is 0 Å². The van der Waals surface area contributed by atoms with Crippen molar-refractivity contribution in [2.24, 2.45) is 11.7 Å². The molecule has 1 heterocycles. The monoisotopic (exact) mass is 246 g/mol. The van der Waals surface area contributed by atoms with Gasteiger partial charge < -0.3 is 5.73 Å². The van der Waals surface area contributed by atoms with E-state index in [4.69, 9.17) is 5.73 Å². The van der Waals surface area contributed by atoms with Crippen LogP contribution in [0.1, 0.15) is 38.2 Å². The summed E-state index contributed by atoms with van der Waals surface area (Å²) in [6, 6.07) is 11.2. The Bertz CT molecular complexity index is 334. The number of piperidine rings is 1. The van der Waals surface area contributed by atoms with Crippen LogP contribution in [0.2, 0.25) is 0 Å². The van der Waals surface area contributed by atoms with Gasteiger partial charge in [0.1, 0.15) is 0 Å². The zero-order valence-corrected chi connectivity index (χ0v) is 11.5. The molecule has 2 nitrogen and oxygen atoms in total. The number of hydrogen-bond donors (Lipinski definition) is 1. The Hall–Kier alpha value is -0.860. The van der Waals surface area contributed by atoms with E-state index in [9.17, 15) is 0 Å². The molecule has 0 aromatic heterocycles. The van der Waals surface area contributed by atoms with Gasteiger partial charge in [0, 0.05) is 19.1 Å². The molecule has 2 unspecified atom stereocenters. The molecule has 0 saturated carbocycles. The fourth-order valence-electron chi connectivity index (χ4n) is 2.87. The van der Waals surface area contributed by atoms with E-state index in [2.05, 4.69) is 42.2 Å². The first-order valence-electron chi connectivity index (χ1n) is 7.26. The fourth-order valence-corrected chi connectivity index (χ4v) is 2.87. The summed E-state index contributed by atoms with van der Waals surface area (Å²) in [6.07, 6.45) is 5.20. The molecule has 0 bridgehead atoms. The molecule has 2 atom stereocenters. The molecule has 0 aliphatic carbocycles. The van der Waals surface area contributed by atoms with E-state index in [0.717, 1.165) is 12.5 Å². The van der Waals surface area contributed by atoms with E-state index in [-0.39, 0.29) is 0 Å². The Labute approximate surface area is 111 Å². The van der Waals surface area contributed by atoms with Crippen LogP contribution < -0.4 is 5.73 Å². The molecule has 1 aliphatic heterocycles. The number of nitrogens with two attached hydrogens (primary N) is 1. The molecule has 1 saturated heterocycles. The molecule has 0 spiro atoms. The van der Waals surface area contributed by atoms with Gasteiger partial charge >= 0.3 is 0 Å². The maximum absolute atomic E-state index is 5.85. The maximum Gasteiger partial charge on any atom is 0.0233 e. The van der Waals surface area contributed by atoms with Gasteiger partial charge in [-0.25, -0.2) is 0 Å². The van der Waals surface area contributed by atoms with Crippen molar-refractivity contribution in [2.45, 2.75) is 45.2 Å². The summed E-state index contributed by atoms with van der Waals surface area (Å²) in [5, 5.41) is 0. The highest BCUT2D eigenvalue weighted by Crippen LogP contribution is 2.22. The summed E-state index contributed by atoms with van der Waals surface area (Å²) in [6.45, 7) is 5.73. The minimum absolute atomic E-state index is 0.356. The van der Waals surface area contributed by atoms with Gasteiger partial charge in [-0.3, -0.25) is 4.90 Å². The Kier molecular flexibility index (Phi) is 5.21. The lowest BCUT2D eigenvalue weighted by atomic mass is 9.92. The average Bonchev–Trinajstić information content (AvgIpc) is 2.38. The highest BCUT2D eigenvalue weighted by molar-refractivity contribution is 5.14. The summed E-state index contributed by atoms with van der Waals surface area (Å²) in [5.41, 5.74) is 7.29. The normalized spacial score (nSPS) is 22.9. The third-order valence-corrected chi connectivity index (χ3v) is 3.88. The topological polar surface area (TPSA) is 29.3 Å². The summed E-state index contributed by atoms with van der Waals surface area (Å²) in [5.74, 6) is 0.855. The number of hydrogen-bond acceptors (Lipinski definition) is 2. The predicted octanol–water partition coefficient (Wildman–Crippen LogP) is 3.03. The van der Waals surface area contributed by atoms with Crippen molar-refractivity contribution in [1.29, 1.82) is 0 Å². The largest absolute Gasteiger partial charge is 0.328 e. The van der Waals surface area contributed by atoms with E-state index >= 15 is 0 Å². The van der Waals surface area contributed by atoms with Crippen LogP contribution in [0.5, 0.6) is 0 Å². The van der Waals surface area contributed by atoms with Gasteiger partial charge in [-0.1, -0.05) is 30.3 Å². The zero-order chi connectivity index (χ0) is 12.8. The second kappa shape index (κ2) is 6.91. The first kappa shape index (κ1) is 13.6. The maximum atomic E-state index is 5.85. The second-order valence-corrected chi connectivity index (χ2v) is 5.78. The molecule has 1 aromatic rings. The van der Waals surface area contributed by atoms with Gasteiger partial charge in [0.2, 0.25) is 0 Å². The Balaban J connectivity index is 1.79. The molecule has 100 valence electrons. The third-order valence-electron chi connectivity index (χ3n) is 3.88. The minimum atomic E-state index is 0.356. The summed E-state index contributed by atoms with van der Waals surface area (Å²) >= 11 is 0. The molecule has 1 aromatic carbocycles. The Morgan fingerprint density at radius 3 is 2.83 bits per heavy atom.